The quantitative estimate of drug-likeness (QED) is 0.580. The van der Waals surface area contributed by atoms with Crippen LogP contribution in [0.1, 0.15) is 43.7 Å². The summed E-state index contributed by atoms with van der Waals surface area (Å²) in [6.07, 6.45) is 5.94. The Morgan fingerprint density at radius 2 is 2.12 bits per heavy atom. The predicted molar refractivity (Wildman–Crippen MR) is 64.0 cm³/mol. The van der Waals surface area contributed by atoms with Crippen LogP contribution in [0.2, 0.25) is 0 Å². The number of hydrogen-bond donors (Lipinski definition) is 0. The van der Waals surface area contributed by atoms with Crippen LogP contribution in [0.3, 0.4) is 0 Å². The van der Waals surface area contributed by atoms with Crippen LogP contribution >= 0.6 is 0 Å². The molecule has 0 unspecified atom stereocenters. The summed E-state index contributed by atoms with van der Waals surface area (Å²) < 4.78 is 13.9. The molecule has 1 aromatic carbocycles. The molecule has 1 aromatic rings. The molecule has 0 bridgehead atoms. The molecule has 2 rings (SSSR count). The van der Waals surface area contributed by atoms with Gasteiger partial charge in [-0.15, -0.1) is 0 Å². The summed E-state index contributed by atoms with van der Waals surface area (Å²) in [5.74, 6) is -0.261. The Hall–Kier alpha value is -1.47. The maximum Gasteiger partial charge on any atom is 0.235 e. The number of hydrogen-bond acceptors (Lipinski definition) is 2. The van der Waals surface area contributed by atoms with Crippen LogP contribution in [0.4, 0.5) is 4.39 Å². The van der Waals surface area contributed by atoms with Crippen molar-refractivity contribution in [1.82, 2.24) is 0 Å². The van der Waals surface area contributed by atoms with Gasteiger partial charge in [0, 0.05) is 5.56 Å². The molecule has 0 amide bonds. The van der Waals surface area contributed by atoms with Crippen LogP contribution in [0.5, 0.6) is 0 Å². The second kappa shape index (κ2) is 4.80. The van der Waals surface area contributed by atoms with E-state index in [2.05, 4.69) is 4.99 Å². The highest BCUT2D eigenvalue weighted by atomic mass is 19.1. The van der Waals surface area contributed by atoms with Crippen molar-refractivity contribution >= 4 is 6.08 Å². The van der Waals surface area contributed by atoms with Crippen LogP contribution < -0.4 is 0 Å². The number of halogens is 1. The fourth-order valence-corrected chi connectivity index (χ4v) is 2.64. The van der Waals surface area contributed by atoms with Crippen molar-refractivity contribution < 1.29 is 9.18 Å². The molecule has 17 heavy (non-hydrogen) atoms. The van der Waals surface area contributed by atoms with E-state index in [1.54, 1.807) is 12.1 Å². The largest absolute Gasteiger partial charge is 0.235 e. The van der Waals surface area contributed by atoms with E-state index in [1.165, 1.54) is 6.07 Å². The fourth-order valence-electron chi connectivity index (χ4n) is 2.64. The molecule has 0 atom stereocenters. The smallest absolute Gasteiger partial charge is 0.211 e. The monoisotopic (exact) mass is 233 g/mol. The first kappa shape index (κ1) is 12.0. The maximum absolute atomic E-state index is 13.9. The van der Waals surface area contributed by atoms with E-state index in [9.17, 15) is 9.18 Å². The van der Waals surface area contributed by atoms with Crippen molar-refractivity contribution in [2.45, 2.75) is 44.6 Å². The molecule has 1 aliphatic rings. The van der Waals surface area contributed by atoms with E-state index in [0.29, 0.717) is 5.56 Å². The Labute approximate surface area is 101 Å². The van der Waals surface area contributed by atoms with Gasteiger partial charge < -0.3 is 0 Å². The van der Waals surface area contributed by atoms with Gasteiger partial charge in [-0.3, -0.25) is 0 Å². The number of isocyanates is 1. The lowest BCUT2D eigenvalue weighted by molar-refractivity contribution is 0.430. The van der Waals surface area contributed by atoms with Crippen LogP contribution in [-0.2, 0) is 16.8 Å². The lowest BCUT2D eigenvalue weighted by Crippen LogP contribution is -2.21. The summed E-state index contributed by atoms with van der Waals surface area (Å²) in [5.41, 5.74) is 0.989. The zero-order valence-corrected chi connectivity index (χ0v) is 10.0. The normalized spacial score (nSPS) is 17.8. The van der Waals surface area contributed by atoms with Gasteiger partial charge in [0.05, 0.1) is 0 Å². The second-order valence-electron chi connectivity index (χ2n) is 4.61. The molecule has 0 aromatic heterocycles. The SMILES string of the molecule is CCc1ccc(F)c(C2(N=C=O)CCCC2)c1. The number of aryl methyl sites for hydroxylation is 1. The molecule has 1 fully saturated rings. The third-order valence-electron chi connectivity index (χ3n) is 3.63. The zero-order valence-electron chi connectivity index (χ0n) is 10.0. The molecule has 90 valence electrons. The summed E-state index contributed by atoms with van der Waals surface area (Å²) in [4.78, 5) is 14.5. The first-order chi connectivity index (χ1) is 8.22. The van der Waals surface area contributed by atoms with Gasteiger partial charge in [-0.25, -0.2) is 9.18 Å². The third-order valence-corrected chi connectivity index (χ3v) is 3.63. The van der Waals surface area contributed by atoms with Crippen molar-refractivity contribution in [3.63, 3.8) is 0 Å². The molecular weight excluding hydrogens is 217 g/mol. The molecule has 3 heteroatoms. The van der Waals surface area contributed by atoms with Crippen LogP contribution in [0.15, 0.2) is 23.2 Å². The number of nitrogens with zero attached hydrogens (tertiary/aromatic N) is 1. The Kier molecular flexibility index (Phi) is 3.39. The highest BCUT2D eigenvalue weighted by molar-refractivity contribution is 5.40. The first-order valence-corrected chi connectivity index (χ1v) is 6.10. The lowest BCUT2D eigenvalue weighted by atomic mass is 9.87. The maximum atomic E-state index is 13.9. The highest BCUT2D eigenvalue weighted by Crippen LogP contribution is 2.43. The Morgan fingerprint density at radius 3 is 2.71 bits per heavy atom. The van der Waals surface area contributed by atoms with Gasteiger partial charge in [-0.2, -0.15) is 4.99 Å². The molecule has 0 heterocycles. The molecule has 0 saturated heterocycles. The van der Waals surface area contributed by atoms with Crippen LogP contribution in [0.25, 0.3) is 0 Å². The summed E-state index contributed by atoms with van der Waals surface area (Å²) in [7, 11) is 0. The molecule has 1 aliphatic carbocycles. The van der Waals surface area contributed by atoms with Crippen molar-refractivity contribution in [3.8, 4) is 0 Å². The van der Waals surface area contributed by atoms with Crippen LogP contribution in [0, 0.1) is 5.82 Å². The Balaban J connectivity index is 2.52. The standard InChI is InChI=1S/C14H16FNO/c1-2-11-5-6-13(15)12(9-11)14(16-10-17)7-3-4-8-14/h5-6,9H,2-4,7-8H2,1H3. The molecule has 0 aliphatic heterocycles. The van der Waals surface area contributed by atoms with Crippen LogP contribution in [-0.4, -0.2) is 6.08 Å². The first-order valence-electron chi connectivity index (χ1n) is 6.10. The molecule has 2 nitrogen and oxygen atoms in total. The van der Waals surface area contributed by atoms with Crippen molar-refractivity contribution in [1.29, 1.82) is 0 Å². The van der Waals surface area contributed by atoms with E-state index >= 15 is 0 Å². The van der Waals surface area contributed by atoms with E-state index in [0.717, 1.165) is 37.7 Å². The van der Waals surface area contributed by atoms with Gasteiger partial charge in [0.15, 0.2) is 0 Å². The van der Waals surface area contributed by atoms with E-state index in [-0.39, 0.29) is 5.82 Å². The lowest BCUT2D eigenvalue weighted by Gasteiger charge is -2.24. The zero-order chi connectivity index (χ0) is 12.3. The van der Waals surface area contributed by atoms with Gasteiger partial charge in [0.2, 0.25) is 6.08 Å². The van der Waals surface area contributed by atoms with Crippen molar-refractivity contribution in [2.75, 3.05) is 0 Å². The molecular formula is C14H16FNO. The molecule has 0 N–H and O–H groups in total. The second-order valence-corrected chi connectivity index (χ2v) is 4.61. The van der Waals surface area contributed by atoms with Gasteiger partial charge in [0.1, 0.15) is 11.4 Å². The topological polar surface area (TPSA) is 29.4 Å². The Bertz CT molecular complexity index is 457. The number of benzene rings is 1. The number of aliphatic imine (C=N–C) groups is 1. The molecule has 0 radical (unpaired) electrons. The van der Waals surface area contributed by atoms with E-state index in [1.807, 2.05) is 13.0 Å². The van der Waals surface area contributed by atoms with Gasteiger partial charge in [0.25, 0.3) is 0 Å². The Morgan fingerprint density at radius 1 is 1.41 bits per heavy atom. The predicted octanol–water partition coefficient (Wildman–Crippen LogP) is 3.49. The van der Waals surface area contributed by atoms with Crippen molar-refractivity contribution in [2.24, 2.45) is 4.99 Å². The average molecular weight is 233 g/mol. The summed E-state index contributed by atoms with van der Waals surface area (Å²) in [6.45, 7) is 2.03. The minimum absolute atomic E-state index is 0.261. The minimum atomic E-state index is -0.656. The average Bonchev–Trinajstić information content (AvgIpc) is 2.80. The summed E-state index contributed by atoms with van der Waals surface area (Å²) in [5, 5.41) is 0. The number of carbonyl (C=O) groups excluding carboxylic acids is 1. The van der Waals surface area contributed by atoms with Gasteiger partial charge >= 0.3 is 0 Å². The van der Waals surface area contributed by atoms with Crippen molar-refractivity contribution in [3.05, 3.63) is 35.1 Å². The van der Waals surface area contributed by atoms with E-state index < -0.39 is 5.54 Å². The highest BCUT2D eigenvalue weighted by Gasteiger charge is 2.37. The summed E-state index contributed by atoms with van der Waals surface area (Å²) in [6, 6.07) is 5.11. The number of rotatable bonds is 3. The minimum Gasteiger partial charge on any atom is -0.211 e. The van der Waals surface area contributed by atoms with Gasteiger partial charge in [-0.05, 0) is 30.9 Å². The van der Waals surface area contributed by atoms with Gasteiger partial charge in [-0.1, -0.05) is 31.9 Å². The third kappa shape index (κ3) is 2.16. The fraction of sp³-hybridized carbons (Fsp3) is 0.500. The van der Waals surface area contributed by atoms with E-state index in [4.69, 9.17) is 0 Å². The molecule has 0 spiro atoms. The summed E-state index contributed by atoms with van der Waals surface area (Å²) >= 11 is 0. The molecule has 1 saturated carbocycles.